The van der Waals surface area contributed by atoms with Gasteiger partial charge in [0.15, 0.2) is 5.13 Å². The second-order valence-electron chi connectivity index (χ2n) is 9.48. The molecule has 0 fully saturated rings. The number of hydrogen-bond acceptors (Lipinski definition) is 7. The summed E-state index contributed by atoms with van der Waals surface area (Å²) in [4.78, 5) is 44.0. The largest absolute Gasteiger partial charge is 0.496 e. The van der Waals surface area contributed by atoms with Crippen LogP contribution in [0.5, 0.6) is 5.75 Å². The second-order valence-corrected chi connectivity index (χ2v) is 11.4. The first-order chi connectivity index (χ1) is 21.9. The Morgan fingerprint density at radius 1 is 0.889 bits per heavy atom. The van der Waals surface area contributed by atoms with Gasteiger partial charge >= 0.3 is 0 Å². The molecule has 0 radical (unpaired) electrons. The van der Waals surface area contributed by atoms with E-state index in [4.69, 9.17) is 4.74 Å². The first-order valence-corrected chi connectivity index (χ1v) is 15.5. The predicted octanol–water partition coefficient (Wildman–Crippen LogP) is 7.10. The summed E-state index contributed by atoms with van der Waals surface area (Å²) >= 11 is 2.62. The molecule has 226 valence electrons. The molecule has 5 rings (SSSR count). The number of ether oxygens (including phenoxy) is 1. The van der Waals surface area contributed by atoms with Gasteiger partial charge in [0.2, 0.25) is 5.91 Å². The summed E-state index contributed by atoms with van der Waals surface area (Å²) in [5.41, 5.74) is 2.98. The van der Waals surface area contributed by atoms with E-state index in [0.29, 0.717) is 33.4 Å². The molecule has 5 aromatic rings. The molecule has 0 unspecified atom stereocenters. The average molecular weight is 639 g/mol. The number of hydrogen-bond donors (Lipinski definition) is 3. The van der Waals surface area contributed by atoms with Crippen molar-refractivity contribution in [2.45, 2.75) is 4.90 Å². The normalized spacial score (nSPS) is 11.0. The number of aromatic nitrogens is 1. The maximum absolute atomic E-state index is 13.3. The first-order valence-electron chi connectivity index (χ1n) is 13.6. The lowest BCUT2D eigenvalue weighted by atomic mass is 10.1. The number of anilines is 2. The Labute approximate surface area is 267 Å². The summed E-state index contributed by atoms with van der Waals surface area (Å²) in [6, 6.07) is 28.8. The van der Waals surface area contributed by atoms with E-state index >= 15 is 0 Å². The second kappa shape index (κ2) is 15.0. The van der Waals surface area contributed by atoms with Crippen LogP contribution in [0, 0.1) is 5.82 Å². The molecule has 0 saturated heterocycles. The fourth-order valence-electron chi connectivity index (χ4n) is 4.11. The van der Waals surface area contributed by atoms with E-state index in [9.17, 15) is 18.8 Å². The van der Waals surface area contributed by atoms with E-state index in [1.54, 1.807) is 90.3 Å². The van der Waals surface area contributed by atoms with Crippen LogP contribution < -0.4 is 20.7 Å². The van der Waals surface area contributed by atoms with Crippen molar-refractivity contribution < 1.29 is 23.5 Å². The molecule has 3 N–H and O–H groups in total. The maximum Gasteiger partial charge on any atom is 0.272 e. The monoisotopic (exact) mass is 638 g/mol. The third kappa shape index (κ3) is 8.65. The Bertz CT molecular complexity index is 1830. The number of benzene rings is 4. The predicted molar refractivity (Wildman–Crippen MR) is 177 cm³/mol. The molecule has 4 aromatic carbocycles. The van der Waals surface area contributed by atoms with Gasteiger partial charge in [0.05, 0.1) is 18.6 Å². The summed E-state index contributed by atoms with van der Waals surface area (Å²) in [6.07, 6.45) is 1.56. The highest BCUT2D eigenvalue weighted by molar-refractivity contribution is 8.00. The molecular weight excluding hydrogens is 612 g/mol. The van der Waals surface area contributed by atoms with Crippen LogP contribution in [-0.2, 0) is 9.59 Å². The molecule has 0 saturated carbocycles. The average Bonchev–Trinajstić information content (AvgIpc) is 3.53. The molecule has 1 aromatic heterocycles. The quantitative estimate of drug-likeness (QED) is 0.105. The van der Waals surface area contributed by atoms with Gasteiger partial charge in [-0.05, 0) is 72.8 Å². The lowest BCUT2D eigenvalue weighted by molar-refractivity contribution is -0.114. The third-order valence-corrected chi connectivity index (χ3v) is 8.11. The maximum atomic E-state index is 13.3. The number of nitrogens with zero attached hydrogens (tertiary/aromatic N) is 1. The molecule has 0 aliphatic carbocycles. The lowest BCUT2D eigenvalue weighted by Crippen LogP contribution is -2.30. The molecule has 11 heteroatoms. The fourth-order valence-corrected chi connectivity index (χ4v) is 5.54. The van der Waals surface area contributed by atoms with Crippen molar-refractivity contribution in [3.63, 3.8) is 0 Å². The van der Waals surface area contributed by atoms with E-state index in [1.807, 2.05) is 12.1 Å². The zero-order chi connectivity index (χ0) is 31.6. The van der Waals surface area contributed by atoms with Gasteiger partial charge in [-0.15, -0.1) is 23.1 Å². The minimum atomic E-state index is -0.520. The van der Waals surface area contributed by atoms with Crippen molar-refractivity contribution >= 4 is 57.7 Å². The Kier molecular flexibility index (Phi) is 10.4. The highest BCUT2D eigenvalue weighted by Crippen LogP contribution is 2.26. The summed E-state index contributed by atoms with van der Waals surface area (Å²) in [6.45, 7) is 0. The Morgan fingerprint density at radius 2 is 1.60 bits per heavy atom. The van der Waals surface area contributed by atoms with Crippen LogP contribution in [0.3, 0.4) is 0 Å². The minimum Gasteiger partial charge on any atom is -0.496 e. The molecule has 0 bridgehead atoms. The summed E-state index contributed by atoms with van der Waals surface area (Å²) in [5, 5.41) is 10.6. The molecule has 8 nitrogen and oxygen atoms in total. The van der Waals surface area contributed by atoms with Crippen LogP contribution in [-0.4, -0.2) is 35.6 Å². The number of methoxy groups -OCH3 is 1. The van der Waals surface area contributed by atoms with Gasteiger partial charge < -0.3 is 20.7 Å². The summed E-state index contributed by atoms with van der Waals surface area (Å²) in [5.74, 6) is -0.806. The van der Waals surface area contributed by atoms with E-state index in [2.05, 4.69) is 20.9 Å². The van der Waals surface area contributed by atoms with Crippen LogP contribution in [0.2, 0.25) is 0 Å². The van der Waals surface area contributed by atoms with Gasteiger partial charge in [-0.1, -0.05) is 36.4 Å². The molecule has 45 heavy (non-hydrogen) atoms. The van der Waals surface area contributed by atoms with Crippen LogP contribution in [0.25, 0.3) is 17.3 Å². The number of thioether (sulfide) groups is 1. The summed E-state index contributed by atoms with van der Waals surface area (Å²) in [7, 11) is 1.53. The summed E-state index contributed by atoms with van der Waals surface area (Å²) < 4.78 is 18.6. The van der Waals surface area contributed by atoms with Crippen molar-refractivity contribution in [1.29, 1.82) is 0 Å². The van der Waals surface area contributed by atoms with Crippen molar-refractivity contribution in [2.24, 2.45) is 0 Å². The van der Waals surface area contributed by atoms with Crippen LogP contribution in [0.1, 0.15) is 15.9 Å². The number of rotatable bonds is 11. The standard InChI is InChI=1S/C34H27FN4O4S2/c1-43-30-10-6-5-9-24(30)19-28(37-32(41)23-7-3-2-4-8-23)33(42)36-26-15-17-27(18-16-26)44-21-31(40)39-34-38-29(20-45-34)22-11-13-25(35)14-12-22/h2-20H,21H2,1H3,(H,36,42)(H,37,41)(H,38,39,40)/b28-19-. The zero-order valence-corrected chi connectivity index (χ0v) is 25.6. The molecule has 0 atom stereocenters. The van der Waals surface area contributed by atoms with Gasteiger partial charge in [-0.3, -0.25) is 14.4 Å². The van der Waals surface area contributed by atoms with Gasteiger partial charge in [-0.2, -0.15) is 0 Å². The first kappa shape index (κ1) is 31.2. The molecular formula is C34H27FN4O4S2. The van der Waals surface area contributed by atoms with Crippen molar-refractivity contribution in [3.8, 4) is 17.0 Å². The molecule has 0 aliphatic heterocycles. The number of carbonyl (C=O) groups excluding carboxylic acids is 3. The SMILES string of the molecule is COc1ccccc1/C=C(\NC(=O)c1ccccc1)C(=O)Nc1ccc(SCC(=O)Nc2nc(-c3ccc(F)cc3)cs2)cc1. The zero-order valence-electron chi connectivity index (χ0n) is 24.0. The van der Waals surface area contributed by atoms with E-state index < -0.39 is 11.8 Å². The number of thiazole rings is 1. The lowest BCUT2D eigenvalue weighted by Gasteiger charge is -2.13. The van der Waals surface area contributed by atoms with Crippen LogP contribution >= 0.6 is 23.1 Å². The van der Waals surface area contributed by atoms with Crippen molar-refractivity contribution in [2.75, 3.05) is 23.5 Å². The molecule has 0 aliphatic rings. The minimum absolute atomic E-state index is 0.0354. The van der Waals surface area contributed by atoms with Gasteiger partial charge in [0, 0.05) is 32.7 Å². The van der Waals surface area contributed by atoms with Gasteiger partial charge in [-0.25, -0.2) is 9.37 Å². The van der Waals surface area contributed by atoms with Gasteiger partial charge in [0.25, 0.3) is 11.8 Å². The van der Waals surface area contributed by atoms with Crippen molar-refractivity contribution in [3.05, 3.63) is 131 Å². The number of para-hydroxylation sites is 1. The Hall–Kier alpha value is -5.26. The van der Waals surface area contributed by atoms with E-state index in [0.717, 1.165) is 10.5 Å². The highest BCUT2D eigenvalue weighted by Gasteiger charge is 2.16. The van der Waals surface area contributed by atoms with Gasteiger partial charge in [0.1, 0.15) is 17.3 Å². The molecule has 0 spiro atoms. The van der Waals surface area contributed by atoms with E-state index in [1.165, 1.54) is 42.3 Å². The number of carbonyl (C=O) groups is 3. The fraction of sp³-hybridized carbons (Fsp3) is 0.0588. The molecule has 1 heterocycles. The van der Waals surface area contributed by atoms with E-state index in [-0.39, 0.29) is 23.2 Å². The topological polar surface area (TPSA) is 109 Å². The smallest absolute Gasteiger partial charge is 0.272 e. The molecule has 3 amide bonds. The van der Waals surface area contributed by atoms with Crippen molar-refractivity contribution in [1.82, 2.24) is 10.3 Å². The number of amides is 3. The third-order valence-electron chi connectivity index (χ3n) is 6.34. The number of halogens is 1. The Balaban J connectivity index is 1.20. The highest BCUT2D eigenvalue weighted by atomic mass is 32.2. The number of nitrogens with one attached hydrogen (secondary N) is 3. The van der Waals surface area contributed by atoms with Crippen LogP contribution in [0.15, 0.2) is 119 Å². The Morgan fingerprint density at radius 3 is 2.33 bits per heavy atom. The van der Waals surface area contributed by atoms with Crippen LogP contribution in [0.4, 0.5) is 15.2 Å².